The SMILES string of the molecule is CC(O)CCNC(=O)CNC(C)(C)C. The van der Waals surface area contributed by atoms with Gasteiger partial charge in [-0.05, 0) is 34.1 Å². The molecule has 0 aromatic rings. The topological polar surface area (TPSA) is 61.4 Å². The van der Waals surface area contributed by atoms with Crippen LogP contribution in [0.2, 0.25) is 0 Å². The van der Waals surface area contributed by atoms with Crippen LogP contribution >= 0.6 is 0 Å². The number of amides is 1. The quantitative estimate of drug-likeness (QED) is 0.599. The minimum absolute atomic E-state index is 0.0272. The summed E-state index contributed by atoms with van der Waals surface area (Å²) < 4.78 is 0. The third-order valence-corrected chi connectivity index (χ3v) is 1.66. The van der Waals surface area contributed by atoms with E-state index in [0.29, 0.717) is 19.5 Å². The van der Waals surface area contributed by atoms with Crippen molar-refractivity contribution < 1.29 is 9.90 Å². The summed E-state index contributed by atoms with van der Waals surface area (Å²) in [4.78, 5) is 11.2. The molecule has 0 bridgehead atoms. The maximum absolute atomic E-state index is 11.2. The molecular weight excluding hydrogens is 180 g/mol. The zero-order valence-electron chi connectivity index (χ0n) is 9.55. The lowest BCUT2D eigenvalue weighted by Crippen LogP contribution is -2.43. The fourth-order valence-corrected chi connectivity index (χ4v) is 0.828. The zero-order valence-corrected chi connectivity index (χ0v) is 9.55. The Balaban J connectivity index is 3.47. The molecule has 4 heteroatoms. The first-order valence-corrected chi connectivity index (χ1v) is 5.01. The highest BCUT2D eigenvalue weighted by Gasteiger charge is 2.10. The van der Waals surface area contributed by atoms with Crippen molar-refractivity contribution in [3.05, 3.63) is 0 Å². The largest absolute Gasteiger partial charge is 0.393 e. The molecule has 4 nitrogen and oxygen atoms in total. The Hall–Kier alpha value is -0.610. The monoisotopic (exact) mass is 202 g/mol. The van der Waals surface area contributed by atoms with Crippen molar-refractivity contribution in [2.45, 2.75) is 45.8 Å². The summed E-state index contributed by atoms with van der Waals surface area (Å²) in [6, 6.07) is 0. The number of nitrogens with one attached hydrogen (secondary N) is 2. The predicted octanol–water partition coefficient (Wildman–Crippen LogP) is 0.262. The number of aliphatic hydroxyl groups excluding tert-OH is 1. The molecule has 0 aliphatic rings. The van der Waals surface area contributed by atoms with Gasteiger partial charge in [0.05, 0.1) is 12.6 Å². The third kappa shape index (κ3) is 9.48. The van der Waals surface area contributed by atoms with Gasteiger partial charge in [0.1, 0.15) is 0 Å². The lowest BCUT2D eigenvalue weighted by atomic mass is 10.1. The fraction of sp³-hybridized carbons (Fsp3) is 0.900. The Morgan fingerprint density at radius 2 is 2.00 bits per heavy atom. The van der Waals surface area contributed by atoms with E-state index in [1.54, 1.807) is 6.92 Å². The van der Waals surface area contributed by atoms with Gasteiger partial charge in [0.2, 0.25) is 5.91 Å². The number of hydrogen-bond acceptors (Lipinski definition) is 3. The molecule has 3 N–H and O–H groups in total. The first-order chi connectivity index (χ1) is 6.31. The van der Waals surface area contributed by atoms with E-state index >= 15 is 0 Å². The van der Waals surface area contributed by atoms with E-state index in [4.69, 9.17) is 5.11 Å². The molecule has 0 aromatic heterocycles. The first kappa shape index (κ1) is 13.4. The molecule has 84 valence electrons. The summed E-state index contributed by atoms with van der Waals surface area (Å²) in [6.07, 6.45) is 0.243. The Labute approximate surface area is 86.1 Å². The molecule has 0 heterocycles. The Morgan fingerprint density at radius 3 is 2.43 bits per heavy atom. The van der Waals surface area contributed by atoms with Crippen LogP contribution < -0.4 is 10.6 Å². The third-order valence-electron chi connectivity index (χ3n) is 1.66. The van der Waals surface area contributed by atoms with Gasteiger partial charge in [-0.15, -0.1) is 0 Å². The number of rotatable bonds is 5. The molecule has 1 amide bonds. The summed E-state index contributed by atoms with van der Waals surface area (Å²) in [5.74, 6) is -0.0272. The summed E-state index contributed by atoms with van der Waals surface area (Å²) in [7, 11) is 0. The molecular formula is C10H22N2O2. The molecule has 0 saturated heterocycles. The van der Waals surface area contributed by atoms with Gasteiger partial charge >= 0.3 is 0 Å². The summed E-state index contributed by atoms with van der Waals surface area (Å²) in [5, 5.41) is 14.8. The minimum atomic E-state index is -0.356. The van der Waals surface area contributed by atoms with E-state index in [1.807, 2.05) is 20.8 Å². The minimum Gasteiger partial charge on any atom is -0.393 e. The van der Waals surface area contributed by atoms with Gasteiger partial charge in [-0.2, -0.15) is 0 Å². The molecule has 0 aliphatic carbocycles. The van der Waals surface area contributed by atoms with Crippen molar-refractivity contribution in [3.63, 3.8) is 0 Å². The average Bonchev–Trinajstić information content (AvgIpc) is 1.99. The molecule has 14 heavy (non-hydrogen) atoms. The second-order valence-corrected chi connectivity index (χ2v) is 4.59. The molecule has 0 spiro atoms. The van der Waals surface area contributed by atoms with Crippen molar-refractivity contribution in [1.29, 1.82) is 0 Å². The molecule has 0 aromatic carbocycles. The van der Waals surface area contributed by atoms with E-state index in [2.05, 4.69) is 10.6 Å². The molecule has 1 unspecified atom stereocenters. The Kier molecular flexibility index (Phi) is 5.72. The normalized spacial score (nSPS) is 13.8. The van der Waals surface area contributed by atoms with Gasteiger partial charge in [0, 0.05) is 12.1 Å². The van der Waals surface area contributed by atoms with Crippen molar-refractivity contribution >= 4 is 5.91 Å². The number of carbonyl (C=O) groups is 1. The Bertz CT molecular complexity index is 173. The van der Waals surface area contributed by atoms with E-state index < -0.39 is 0 Å². The summed E-state index contributed by atoms with van der Waals surface area (Å²) in [5.41, 5.74) is -0.0401. The van der Waals surface area contributed by atoms with Crippen molar-refractivity contribution in [3.8, 4) is 0 Å². The second kappa shape index (κ2) is 5.98. The second-order valence-electron chi connectivity index (χ2n) is 4.59. The maximum Gasteiger partial charge on any atom is 0.233 e. The highest BCUT2D eigenvalue weighted by atomic mass is 16.3. The lowest BCUT2D eigenvalue weighted by molar-refractivity contribution is -0.120. The molecule has 0 radical (unpaired) electrons. The number of carbonyl (C=O) groups excluding carboxylic acids is 1. The van der Waals surface area contributed by atoms with Gasteiger partial charge in [-0.1, -0.05) is 0 Å². The standard InChI is InChI=1S/C10H22N2O2/c1-8(13)5-6-11-9(14)7-12-10(2,3)4/h8,12-13H,5-7H2,1-4H3,(H,11,14). The molecule has 0 fully saturated rings. The summed E-state index contributed by atoms with van der Waals surface area (Å²) in [6.45, 7) is 8.59. The van der Waals surface area contributed by atoms with Crippen molar-refractivity contribution in [2.75, 3.05) is 13.1 Å². The lowest BCUT2D eigenvalue weighted by Gasteiger charge is -2.20. The van der Waals surface area contributed by atoms with Crippen LogP contribution in [0.1, 0.15) is 34.1 Å². The number of aliphatic hydroxyl groups is 1. The van der Waals surface area contributed by atoms with Crippen LogP contribution in [0.3, 0.4) is 0 Å². The van der Waals surface area contributed by atoms with Gasteiger partial charge in [-0.3, -0.25) is 4.79 Å². The Morgan fingerprint density at radius 1 is 1.43 bits per heavy atom. The first-order valence-electron chi connectivity index (χ1n) is 5.01. The van der Waals surface area contributed by atoms with Crippen LogP contribution in [0, 0.1) is 0 Å². The molecule has 1 atom stereocenters. The maximum atomic E-state index is 11.2. The van der Waals surface area contributed by atoms with Crippen LogP contribution in [0.15, 0.2) is 0 Å². The average molecular weight is 202 g/mol. The van der Waals surface area contributed by atoms with Gasteiger partial charge in [0.25, 0.3) is 0 Å². The fourth-order valence-electron chi connectivity index (χ4n) is 0.828. The number of hydrogen-bond donors (Lipinski definition) is 3. The molecule has 0 aliphatic heterocycles. The molecule has 0 rings (SSSR count). The smallest absolute Gasteiger partial charge is 0.233 e. The van der Waals surface area contributed by atoms with Gasteiger partial charge in [-0.25, -0.2) is 0 Å². The summed E-state index contributed by atoms with van der Waals surface area (Å²) >= 11 is 0. The van der Waals surface area contributed by atoms with Crippen LogP contribution in [0.25, 0.3) is 0 Å². The van der Waals surface area contributed by atoms with Crippen molar-refractivity contribution in [1.82, 2.24) is 10.6 Å². The van der Waals surface area contributed by atoms with E-state index in [0.717, 1.165) is 0 Å². The van der Waals surface area contributed by atoms with Crippen LogP contribution in [-0.2, 0) is 4.79 Å². The highest BCUT2D eigenvalue weighted by molar-refractivity contribution is 5.78. The highest BCUT2D eigenvalue weighted by Crippen LogP contribution is 1.96. The van der Waals surface area contributed by atoms with E-state index in [1.165, 1.54) is 0 Å². The van der Waals surface area contributed by atoms with Crippen LogP contribution in [0.5, 0.6) is 0 Å². The zero-order chi connectivity index (χ0) is 11.2. The van der Waals surface area contributed by atoms with Crippen LogP contribution in [-0.4, -0.2) is 35.7 Å². The van der Waals surface area contributed by atoms with Gasteiger partial charge in [0.15, 0.2) is 0 Å². The van der Waals surface area contributed by atoms with E-state index in [-0.39, 0.29) is 17.6 Å². The molecule has 0 saturated carbocycles. The predicted molar refractivity (Wildman–Crippen MR) is 57.1 cm³/mol. The van der Waals surface area contributed by atoms with Crippen LogP contribution in [0.4, 0.5) is 0 Å². The van der Waals surface area contributed by atoms with E-state index in [9.17, 15) is 4.79 Å². The van der Waals surface area contributed by atoms with Crippen molar-refractivity contribution in [2.24, 2.45) is 0 Å². The van der Waals surface area contributed by atoms with Gasteiger partial charge < -0.3 is 15.7 Å².